The summed E-state index contributed by atoms with van der Waals surface area (Å²) >= 11 is 0. The second-order valence-corrected chi connectivity index (χ2v) is 5.47. The summed E-state index contributed by atoms with van der Waals surface area (Å²) in [5, 5.41) is 16.5. The molecule has 1 saturated heterocycles. The van der Waals surface area contributed by atoms with Crippen LogP contribution in [-0.2, 0) is 0 Å². The Morgan fingerprint density at radius 3 is 2.77 bits per heavy atom. The van der Waals surface area contributed by atoms with E-state index in [2.05, 4.69) is 10.2 Å². The zero-order valence-corrected chi connectivity index (χ0v) is 11.9. The first-order valence-electron chi connectivity index (χ1n) is 6.91. The van der Waals surface area contributed by atoms with Crippen molar-refractivity contribution in [1.82, 2.24) is 15.1 Å². The fourth-order valence-corrected chi connectivity index (χ4v) is 2.75. The number of nitrogens with zero attached hydrogens (tertiary/aromatic N) is 2. The highest BCUT2D eigenvalue weighted by molar-refractivity contribution is 5.93. The number of likely N-dealkylation sites (tertiary alicyclic amines) is 1. The van der Waals surface area contributed by atoms with Crippen LogP contribution in [0.1, 0.15) is 34.2 Å². The Labute approximate surface area is 125 Å². The van der Waals surface area contributed by atoms with E-state index < -0.39 is 23.8 Å². The second kappa shape index (κ2) is 5.49. The Morgan fingerprint density at radius 1 is 1.36 bits per heavy atom. The molecule has 2 aromatic rings. The Morgan fingerprint density at radius 2 is 2.14 bits per heavy atom. The summed E-state index contributed by atoms with van der Waals surface area (Å²) in [6.07, 6.45) is -0.428. The molecule has 0 spiro atoms. The molecule has 1 aliphatic rings. The molecule has 1 aliphatic heterocycles. The molecule has 22 heavy (non-hydrogen) atoms. The predicted molar refractivity (Wildman–Crippen MR) is 74.1 cm³/mol. The molecule has 1 fully saturated rings. The summed E-state index contributed by atoms with van der Waals surface area (Å²) in [6.45, 7) is 1.91. The first kappa shape index (κ1) is 14.6. The van der Waals surface area contributed by atoms with Gasteiger partial charge in [-0.05, 0) is 37.1 Å². The van der Waals surface area contributed by atoms with Gasteiger partial charge in [-0.3, -0.25) is 9.89 Å². The van der Waals surface area contributed by atoms with Crippen molar-refractivity contribution in [2.75, 3.05) is 6.54 Å². The maximum atomic E-state index is 13.4. The van der Waals surface area contributed by atoms with Gasteiger partial charge < -0.3 is 10.0 Å². The van der Waals surface area contributed by atoms with Gasteiger partial charge in [0.1, 0.15) is 5.69 Å². The molecule has 2 atom stereocenters. The molecule has 3 rings (SSSR count). The van der Waals surface area contributed by atoms with Crippen LogP contribution in [0.4, 0.5) is 8.78 Å². The first-order valence-corrected chi connectivity index (χ1v) is 6.91. The molecule has 2 N–H and O–H groups in total. The molecule has 0 saturated carbocycles. The average molecular weight is 307 g/mol. The summed E-state index contributed by atoms with van der Waals surface area (Å²) in [4.78, 5) is 13.9. The van der Waals surface area contributed by atoms with Crippen molar-refractivity contribution in [3.8, 4) is 0 Å². The molecule has 5 nitrogen and oxygen atoms in total. The van der Waals surface area contributed by atoms with Crippen molar-refractivity contribution in [2.45, 2.75) is 25.5 Å². The third-order valence-corrected chi connectivity index (χ3v) is 3.79. The molecule has 1 aromatic heterocycles. The van der Waals surface area contributed by atoms with Crippen LogP contribution in [0.15, 0.2) is 24.3 Å². The van der Waals surface area contributed by atoms with Gasteiger partial charge in [0.2, 0.25) is 0 Å². The summed E-state index contributed by atoms with van der Waals surface area (Å²) in [5.41, 5.74) is 1.43. The minimum atomic E-state index is -0.970. The topological polar surface area (TPSA) is 69.2 Å². The average Bonchev–Trinajstić information content (AvgIpc) is 3.07. The standard InChI is InChI=1S/C15H15F2N3O2/c1-8-4-13(19-18-8)15(22)20-7-10(21)6-14(20)9-2-3-11(16)12(17)5-9/h2-5,10,14,21H,6-7H2,1H3,(H,18,19)/t10-,14+/m0/s1. The monoisotopic (exact) mass is 307 g/mol. The molecular formula is C15H15F2N3O2. The number of H-pyrrole nitrogens is 1. The number of nitrogens with one attached hydrogen (secondary N) is 1. The highest BCUT2D eigenvalue weighted by atomic mass is 19.2. The van der Waals surface area contributed by atoms with Crippen molar-refractivity contribution in [1.29, 1.82) is 0 Å². The number of rotatable bonds is 2. The fourth-order valence-electron chi connectivity index (χ4n) is 2.75. The van der Waals surface area contributed by atoms with E-state index in [0.717, 1.165) is 17.8 Å². The van der Waals surface area contributed by atoms with Crippen molar-refractivity contribution in [3.63, 3.8) is 0 Å². The number of aryl methyl sites for hydroxylation is 1. The summed E-state index contributed by atoms with van der Waals surface area (Å²) in [7, 11) is 0. The zero-order valence-electron chi connectivity index (χ0n) is 11.9. The molecular weight excluding hydrogens is 292 g/mol. The number of amides is 1. The normalized spacial score (nSPS) is 21.4. The van der Waals surface area contributed by atoms with E-state index in [9.17, 15) is 18.7 Å². The lowest BCUT2D eigenvalue weighted by Crippen LogP contribution is -2.32. The largest absolute Gasteiger partial charge is 0.391 e. The minimum absolute atomic E-state index is 0.133. The molecule has 116 valence electrons. The molecule has 0 unspecified atom stereocenters. The SMILES string of the molecule is Cc1cc(C(=O)N2C[C@@H](O)C[C@@H]2c2ccc(F)c(F)c2)n[nH]1. The van der Waals surface area contributed by atoms with Gasteiger partial charge in [-0.1, -0.05) is 6.07 Å². The van der Waals surface area contributed by atoms with Gasteiger partial charge in [-0.2, -0.15) is 5.10 Å². The molecule has 1 aromatic carbocycles. The molecule has 0 radical (unpaired) electrons. The molecule has 0 bridgehead atoms. The summed E-state index contributed by atoms with van der Waals surface area (Å²) < 4.78 is 26.5. The van der Waals surface area contributed by atoms with E-state index in [0.29, 0.717) is 5.56 Å². The molecule has 7 heteroatoms. The van der Waals surface area contributed by atoms with Crippen LogP contribution in [0.2, 0.25) is 0 Å². The molecule has 2 heterocycles. The van der Waals surface area contributed by atoms with Crippen molar-refractivity contribution in [2.24, 2.45) is 0 Å². The number of β-amino-alcohol motifs (C(OH)–C–C–N with tert-alkyl or cyclic N) is 1. The Kier molecular flexibility index (Phi) is 3.66. The zero-order chi connectivity index (χ0) is 15.9. The second-order valence-electron chi connectivity index (χ2n) is 5.47. The van der Waals surface area contributed by atoms with Gasteiger partial charge in [0, 0.05) is 12.2 Å². The number of carbonyl (C=O) groups excluding carboxylic acids is 1. The molecule has 0 aliphatic carbocycles. The van der Waals surface area contributed by atoms with E-state index in [1.807, 2.05) is 0 Å². The fraction of sp³-hybridized carbons (Fsp3) is 0.333. The van der Waals surface area contributed by atoms with Crippen LogP contribution < -0.4 is 0 Å². The number of carbonyl (C=O) groups is 1. The number of halogens is 2. The van der Waals surface area contributed by atoms with Gasteiger partial charge in [-0.25, -0.2) is 8.78 Å². The van der Waals surface area contributed by atoms with E-state index in [1.165, 1.54) is 11.0 Å². The first-order chi connectivity index (χ1) is 10.5. The smallest absolute Gasteiger partial charge is 0.274 e. The van der Waals surface area contributed by atoms with Crippen LogP contribution in [-0.4, -0.2) is 38.8 Å². The summed E-state index contributed by atoms with van der Waals surface area (Å²) in [5.74, 6) is -2.26. The number of hydrogen-bond acceptors (Lipinski definition) is 3. The number of aromatic amines is 1. The Bertz CT molecular complexity index is 717. The van der Waals surface area contributed by atoms with E-state index >= 15 is 0 Å². The van der Waals surface area contributed by atoms with E-state index in [1.54, 1.807) is 13.0 Å². The van der Waals surface area contributed by atoms with Crippen LogP contribution in [0.5, 0.6) is 0 Å². The lowest BCUT2D eigenvalue weighted by Gasteiger charge is -2.24. The van der Waals surface area contributed by atoms with E-state index in [-0.39, 0.29) is 24.6 Å². The van der Waals surface area contributed by atoms with Gasteiger partial charge >= 0.3 is 0 Å². The highest BCUT2D eigenvalue weighted by Gasteiger charge is 2.36. The Balaban J connectivity index is 1.91. The third-order valence-electron chi connectivity index (χ3n) is 3.79. The van der Waals surface area contributed by atoms with Crippen LogP contribution in [0, 0.1) is 18.6 Å². The quantitative estimate of drug-likeness (QED) is 0.891. The molecule has 1 amide bonds. The highest BCUT2D eigenvalue weighted by Crippen LogP contribution is 2.33. The van der Waals surface area contributed by atoms with Crippen molar-refractivity contribution < 1.29 is 18.7 Å². The minimum Gasteiger partial charge on any atom is -0.391 e. The number of aromatic nitrogens is 2. The van der Waals surface area contributed by atoms with Gasteiger partial charge in [0.05, 0.1) is 12.1 Å². The van der Waals surface area contributed by atoms with E-state index in [4.69, 9.17) is 0 Å². The number of aliphatic hydroxyl groups excluding tert-OH is 1. The van der Waals surface area contributed by atoms with Crippen LogP contribution >= 0.6 is 0 Å². The van der Waals surface area contributed by atoms with Crippen LogP contribution in [0.25, 0.3) is 0 Å². The van der Waals surface area contributed by atoms with Gasteiger partial charge in [-0.15, -0.1) is 0 Å². The maximum absolute atomic E-state index is 13.4. The lowest BCUT2D eigenvalue weighted by molar-refractivity contribution is 0.0709. The van der Waals surface area contributed by atoms with Crippen molar-refractivity contribution in [3.05, 3.63) is 52.9 Å². The van der Waals surface area contributed by atoms with Gasteiger partial charge in [0.15, 0.2) is 11.6 Å². The number of benzene rings is 1. The van der Waals surface area contributed by atoms with Gasteiger partial charge in [0.25, 0.3) is 5.91 Å². The lowest BCUT2D eigenvalue weighted by atomic mass is 10.0. The van der Waals surface area contributed by atoms with Crippen LogP contribution in [0.3, 0.4) is 0 Å². The van der Waals surface area contributed by atoms with Crippen molar-refractivity contribution >= 4 is 5.91 Å². The predicted octanol–water partition coefficient (Wildman–Crippen LogP) is 1.94. The summed E-state index contributed by atoms with van der Waals surface area (Å²) in [6, 6.07) is 4.62. The third kappa shape index (κ3) is 2.59. The maximum Gasteiger partial charge on any atom is 0.274 e. The Hall–Kier alpha value is -2.28. The number of aliphatic hydroxyl groups is 1. The number of hydrogen-bond donors (Lipinski definition) is 2.